The van der Waals surface area contributed by atoms with E-state index in [1.165, 1.54) is 18.2 Å². The summed E-state index contributed by atoms with van der Waals surface area (Å²) in [7, 11) is 3.45. The van der Waals surface area contributed by atoms with Gasteiger partial charge in [0, 0.05) is 26.6 Å². The van der Waals surface area contributed by atoms with Crippen LogP contribution in [0.1, 0.15) is 41.2 Å². The van der Waals surface area contributed by atoms with Crippen LogP contribution < -0.4 is 15.2 Å². The summed E-state index contributed by atoms with van der Waals surface area (Å²) in [6.07, 6.45) is 2.24. The second-order valence-corrected chi connectivity index (χ2v) is 6.87. The van der Waals surface area contributed by atoms with E-state index in [1.54, 1.807) is 31.1 Å². The second-order valence-electron chi connectivity index (χ2n) is 6.87. The number of benzene rings is 1. The number of ether oxygens (including phenoxy) is 1. The minimum Gasteiger partial charge on any atom is -0.435 e. The van der Waals surface area contributed by atoms with Gasteiger partial charge in [0.05, 0.1) is 0 Å². The molecule has 0 bridgehead atoms. The highest BCUT2D eigenvalue weighted by Crippen LogP contribution is 2.45. The summed E-state index contributed by atoms with van der Waals surface area (Å²) in [5.74, 6) is 0.519. The minimum atomic E-state index is -2.87. The third-order valence-corrected chi connectivity index (χ3v) is 4.57. The average molecular weight is 377 g/mol. The molecule has 1 N–H and O–H groups in total. The summed E-state index contributed by atoms with van der Waals surface area (Å²) in [6.45, 7) is -2.87. The zero-order valence-electron chi connectivity index (χ0n) is 15.1. The number of carbonyl (C=O) groups excluding carboxylic acids is 1. The van der Waals surface area contributed by atoms with Crippen LogP contribution in [-0.4, -0.2) is 36.5 Å². The molecule has 3 rings (SSSR count). The topological polar surface area (TPSA) is 75.3 Å². The van der Waals surface area contributed by atoms with Gasteiger partial charge in [-0.1, -0.05) is 12.1 Å². The first-order valence-electron chi connectivity index (χ1n) is 8.70. The van der Waals surface area contributed by atoms with Gasteiger partial charge in [-0.2, -0.15) is 8.78 Å². The quantitative estimate of drug-likeness (QED) is 0.715. The number of H-pyrrole nitrogens is 1. The number of aromatic amines is 1. The smallest absolute Gasteiger partial charge is 0.387 e. The van der Waals surface area contributed by atoms with E-state index in [0.717, 1.165) is 18.4 Å². The van der Waals surface area contributed by atoms with Gasteiger partial charge in [-0.25, -0.2) is 4.98 Å². The number of carbonyl (C=O) groups is 1. The van der Waals surface area contributed by atoms with Crippen molar-refractivity contribution in [2.75, 3.05) is 19.0 Å². The molecule has 2 aromatic rings. The number of aromatic nitrogens is 2. The Bertz CT molecular complexity index is 861. The summed E-state index contributed by atoms with van der Waals surface area (Å²) >= 11 is 0. The Hall–Kier alpha value is -2.77. The SMILES string of the molecule is CN(C)c1nc(C(=O)C[C@@H](c2ccc(OC(F)F)cc2)C2CC2)cc(=O)[nH]1. The van der Waals surface area contributed by atoms with Gasteiger partial charge < -0.3 is 9.64 Å². The number of hydrogen-bond donors (Lipinski definition) is 1. The van der Waals surface area contributed by atoms with Crippen LogP contribution >= 0.6 is 0 Å². The van der Waals surface area contributed by atoms with E-state index in [2.05, 4.69) is 14.7 Å². The third kappa shape index (κ3) is 4.90. The zero-order valence-corrected chi connectivity index (χ0v) is 15.1. The Balaban J connectivity index is 1.79. The van der Waals surface area contributed by atoms with Crippen molar-refractivity contribution >= 4 is 11.7 Å². The van der Waals surface area contributed by atoms with E-state index in [9.17, 15) is 18.4 Å². The highest BCUT2D eigenvalue weighted by molar-refractivity contribution is 5.95. The number of anilines is 1. The molecule has 0 aliphatic heterocycles. The van der Waals surface area contributed by atoms with E-state index >= 15 is 0 Å². The van der Waals surface area contributed by atoms with Gasteiger partial charge in [-0.15, -0.1) is 0 Å². The molecule has 0 saturated heterocycles. The average Bonchev–Trinajstić information content (AvgIpc) is 3.44. The predicted molar refractivity (Wildman–Crippen MR) is 96.7 cm³/mol. The van der Waals surface area contributed by atoms with Gasteiger partial charge in [-0.05, 0) is 42.4 Å². The minimum absolute atomic E-state index is 0.0398. The molecular weight excluding hydrogens is 356 g/mol. The lowest BCUT2D eigenvalue weighted by molar-refractivity contribution is -0.0498. The van der Waals surface area contributed by atoms with Gasteiger partial charge in [0.25, 0.3) is 5.56 Å². The van der Waals surface area contributed by atoms with E-state index < -0.39 is 6.61 Å². The van der Waals surface area contributed by atoms with Crippen LogP contribution in [0, 0.1) is 5.92 Å². The lowest BCUT2D eigenvalue weighted by Crippen LogP contribution is -2.21. The molecule has 1 aromatic carbocycles. The monoisotopic (exact) mass is 377 g/mol. The van der Waals surface area contributed by atoms with E-state index in [4.69, 9.17) is 0 Å². The number of nitrogens with one attached hydrogen (secondary N) is 1. The van der Waals surface area contributed by atoms with Crippen LogP contribution in [-0.2, 0) is 0 Å². The van der Waals surface area contributed by atoms with E-state index in [-0.39, 0.29) is 35.1 Å². The molecular formula is C19H21F2N3O3. The molecule has 0 amide bonds. The van der Waals surface area contributed by atoms with Crippen molar-refractivity contribution in [3.63, 3.8) is 0 Å². The summed E-state index contributed by atoms with van der Waals surface area (Å²) in [5, 5.41) is 0. The Morgan fingerprint density at radius 2 is 1.96 bits per heavy atom. The normalized spacial score (nSPS) is 14.9. The van der Waals surface area contributed by atoms with Gasteiger partial charge in [0.2, 0.25) is 5.95 Å². The molecule has 6 nitrogen and oxygen atoms in total. The summed E-state index contributed by atoms with van der Waals surface area (Å²) < 4.78 is 29.0. The molecule has 1 fully saturated rings. The lowest BCUT2D eigenvalue weighted by atomic mass is 9.88. The van der Waals surface area contributed by atoms with Crippen molar-refractivity contribution in [1.82, 2.24) is 9.97 Å². The second kappa shape index (κ2) is 7.85. The number of rotatable bonds is 8. The van der Waals surface area contributed by atoms with Gasteiger partial charge >= 0.3 is 6.61 Å². The standard InChI is InChI=1S/C19H21F2N3O3/c1-24(2)19-22-15(10-17(26)23-19)16(25)9-14(11-3-4-11)12-5-7-13(8-6-12)27-18(20)21/h5-8,10-11,14,18H,3-4,9H2,1-2H3,(H,22,23,26)/t14-/m1/s1. The molecule has 8 heteroatoms. The van der Waals surface area contributed by atoms with Crippen molar-refractivity contribution in [3.8, 4) is 5.75 Å². The van der Waals surface area contributed by atoms with Crippen molar-refractivity contribution in [2.24, 2.45) is 5.92 Å². The van der Waals surface area contributed by atoms with E-state index in [1.807, 2.05) is 0 Å². The molecule has 27 heavy (non-hydrogen) atoms. The maximum atomic E-state index is 12.7. The first kappa shape index (κ1) is 19.0. The first-order valence-corrected chi connectivity index (χ1v) is 8.70. The maximum Gasteiger partial charge on any atom is 0.387 e. The molecule has 0 unspecified atom stereocenters. The van der Waals surface area contributed by atoms with Crippen LogP contribution in [0.5, 0.6) is 5.75 Å². The van der Waals surface area contributed by atoms with Gasteiger partial charge in [0.1, 0.15) is 11.4 Å². The largest absolute Gasteiger partial charge is 0.435 e. The summed E-state index contributed by atoms with van der Waals surface area (Å²) in [4.78, 5) is 33.0. The number of halogens is 2. The predicted octanol–water partition coefficient (Wildman–Crippen LogP) is 3.20. The Kier molecular flexibility index (Phi) is 5.53. The molecule has 1 saturated carbocycles. The van der Waals surface area contributed by atoms with Crippen LogP contribution in [0.3, 0.4) is 0 Å². The zero-order chi connectivity index (χ0) is 19.6. The molecule has 1 aromatic heterocycles. The molecule has 1 heterocycles. The van der Waals surface area contributed by atoms with Crippen LogP contribution in [0.25, 0.3) is 0 Å². The number of ketones is 1. The van der Waals surface area contributed by atoms with E-state index in [0.29, 0.717) is 11.9 Å². The Morgan fingerprint density at radius 1 is 1.30 bits per heavy atom. The fraction of sp³-hybridized carbons (Fsp3) is 0.421. The lowest BCUT2D eigenvalue weighted by Gasteiger charge is -2.17. The van der Waals surface area contributed by atoms with Gasteiger partial charge in [0.15, 0.2) is 5.78 Å². The first-order chi connectivity index (χ1) is 12.8. The summed E-state index contributed by atoms with van der Waals surface area (Å²) in [5.41, 5.74) is 0.643. The third-order valence-electron chi connectivity index (χ3n) is 4.57. The molecule has 144 valence electrons. The number of nitrogens with zero attached hydrogens (tertiary/aromatic N) is 2. The highest BCUT2D eigenvalue weighted by atomic mass is 19.3. The fourth-order valence-corrected chi connectivity index (χ4v) is 3.06. The van der Waals surface area contributed by atoms with Crippen molar-refractivity contribution < 1.29 is 18.3 Å². The Morgan fingerprint density at radius 3 is 2.52 bits per heavy atom. The van der Waals surface area contributed by atoms with Gasteiger partial charge in [-0.3, -0.25) is 14.6 Å². The molecule has 0 radical (unpaired) electrons. The van der Waals surface area contributed by atoms with Crippen molar-refractivity contribution in [3.05, 3.63) is 51.9 Å². The summed E-state index contributed by atoms with van der Waals surface area (Å²) in [6, 6.07) is 7.60. The van der Waals surface area contributed by atoms with Crippen molar-refractivity contribution in [1.29, 1.82) is 0 Å². The van der Waals surface area contributed by atoms with Crippen LogP contribution in [0.2, 0.25) is 0 Å². The molecule has 1 aliphatic carbocycles. The number of alkyl halides is 2. The van der Waals surface area contributed by atoms with Crippen LogP contribution in [0.15, 0.2) is 35.1 Å². The number of hydrogen-bond acceptors (Lipinski definition) is 5. The fourth-order valence-electron chi connectivity index (χ4n) is 3.06. The maximum absolute atomic E-state index is 12.7. The molecule has 0 spiro atoms. The molecule has 1 atom stereocenters. The highest BCUT2D eigenvalue weighted by Gasteiger charge is 2.34. The Labute approximate surface area is 155 Å². The van der Waals surface area contributed by atoms with Crippen molar-refractivity contribution in [2.45, 2.75) is 31.8 Å². The van der Waals surface area contributed by atoms with Crippen LogP contribution in [0.4, 0.5) is 14.7 Å². The number of Topliss-reactive ketones (excluding diaryl/α,β-unsaturated/α-hetero) is 1. The molecule has 1 aliphatic rings.